The topological polar surface area (TPSA) is 78.5 Å². The molecule has 0 aliphatic carbocycles. The number of hydrogen-bond donors (Lipinski definition) is 1. The SMILES string of the molecule is COc1ccc(C(=O)N[C@H](C(=O)[O-])C(C)C)cc1. The van der Waals surface area contributed by atoms with E-state index in [-0.39, 0.29) is 5.92 Å². The van der Waals surface area contributed by atoms with Crippen molar-refractivity contribution in [2.45, 2.75) is 19.9 Å². The molecule has 0 fully saturated rings. The number of amides is 1. The molecule has 1 N–H and O–H groups in total. The molecule has 18 heavy (non-hydrogen) atoms. The van der Waals surface area contributed by atoms with Gasteiger partial charge in [0.2, 0.25) is 0 Å². The van der Waals surface area contributed by atoms with E-state index in [9.17, 15) is 14.7 Å². The van der Waals surface area contributed by atoms with Gasteiger partial charge in [0.15, 0.2) is 0 Å². The lowest BCUT2D eigenvalue weighted by molar-refractivity contribution is -0.309. The zero-order valence-electron chi connectivity index (χ0n) is 10.6. The van der Waals surface area contributed by atoms with Crippen molar-refractivity contribution in [3.63, 3.8) is 0 Å². The first-order chi connectivity index (χ1) is 8.45. The van der Waals surface area contributed by atoms with Gasteiger partial charge in [0.1, 0.15) is 5.75 Å². The van der Waals surface area contributed by atoms with E-state index < -0.39 is 17.9 Å². The summed E-state index contributed by atoms with van der Waals surface area (Å²) in [6.07, 6.45) is 0. The van der Waals surface area contributed by atoms with Crippen LogP contribution in [0.5, 0.6) is 5.75 Å². The van der Waals surface area contributed by atoms with E-state index in [1.165, 1.54) is 7.11 Å². The van der Waals surface area contributed by atoms with Crippen molar-refractivity contribution in [3.8, 4) is 5.75 Å². The van der Waals surface area contributed by atoms with Gasteiger partial charge in [-0.1, -0.05) is 13.8 Å². The van der Waals surface area contributed by atoms with Gasteiger partial charge < -0.3 is 20.0 Å². The molecular formula is C13H16NO4-. The van der Waals surface area contributed by atoms with E-state index in [1.54, 1.807) is 38.1 Å². The fraction of sp³-hybridized carbons (Fsp3) is 0.385. The number of aliphatic carboxylic acids is 1. The number of carbonyl (C=O) groups excluding carboxylic acids is 2. The average molecular weight is 250 g/mol. The van der Waals surface area contributed by atoms with Crippen molar-refractivity contribution in [2.24, 2.45) is 5.92 Å². The molecule has 1 aromatic rings. The number of nitrogens with one attached hydrogen (secondary N) is 1. The van der Waals surface area contributed by atoms with Crippen LogP contribution in [0, 0.1) is 5.92 Å². The number of hydrogen-bond acceptors (Lipinski definition) is 4. The molecular weight excluding hydrogens is 234 g/mol. The van der Waals surface area contributed by atoms with Crippen LogP contribution < -0.4 is 15.2 Å². The van der Waals surface area contributed by atoms with E-state index in [0.717, 1.165) is 0 Å². The molecule has 0 saturated carbocycles. The Balaban J connectivity index is 2.77. The maximum atomic E-state index is 11.8. The Morgan fingerprint density at radius 1 is 1.22 bits per heavy atom. The fourth-order valence-corrected chi connectivity index (χ4v) is 1.46. The predicted molar refractivity (Wildman–Crippen MR) is 64.1 cm³/mol. The smallest absolute Gasteiger partial charge is 0.251 e. The summed E-state index contributed by atoms with van der Waals surface area (Å²) in [6.45, 7) is 3.41. The molecule has 5 nitrogen and oxygen atoms in total. The van der Waals surface area contributed by atoms with Crippen molar-refractivity contribution >= 4 is 11.9 Å². The quantitative estimate of drug-likeness (QED) is 0.809. The lowest BCUT2D eigenvalue weighted by Crippen LogP contribution is -2.50. The van der Waals surface area contributed by atoms with Crippen molar-refractivity contribution in [3.05, 3.63) is 29.8 Å². The second-order valence-corrected chi connectivity index (χ2v) is 4.24. The Morgan fingerprint density at radius 2 is 1.78 bits per heavy atom. The Kier molecular flexibility index (Phi) is 4.71. The maximum absolute atomic E-state index is 11.8. The van der Waals surface area contributed by atoms with E-state index in [2.05, 4.69) is 5.32 Å². The highest BCUT2D eigenvalue weighted by molar-refractivity contribution is 5.96. The number of carbonyl (C=O) groups is 2. The number of carboxylic acid groups (broad SMARTS) is 1. The molecule has 0 saturated heterocycles. The van der Waals surface area contributed by atoms with Crippen LogP contribution in [0.25, 0.3) is 0 Å². The van der Waals surface area contributed by atoms with Gasteiger partial charge in [-0.05, 0) is 30.2 Å². The van der Waals surface area contributed by atoms with Crippen LogP contribution >= 0.6 is 0 Å². The minimum Gasteiger partial charge on any atom is -0.548 e. The van der Waals surface area contributed by atoms with E-state index in [1.807, 2.05) is 0 Å². The first-order valence-electron chi connectivity index (χ1n) is 5.61. The summed E-state index contributed by atoms with van der Waals surface area (Å²) in [5, 5.41) is 13.3. The van der Waals surface area contributed by atoms with Gasteiger partial charge in [-0.25, -0.2) is 0 Å². The summed E-state index contributed by atoms with van der Waals surface area (Å²) in [4.78, 5) is 22.7. The van der Waals surface area contributed by atoms with Crippen LogP contribution in [0.1, 0.15) is 24.2 Å². The second kappa shape index (κ2) is 6.05. The molecule has 1 atom stereocenters. The summed E-state index contributed by atoms with van der Waals surface area (Å²) in [6, 6.07) is 5.41. The summed E-state index contributed by atoms with van der Waals surface area (Å²) in [5.41, 5.74) is 0.378. The lowest BCUT2D eigenvalue weighted by atomic mass is 10.0. The molecule has 0 bridgehead atoms. The largest absolute Gasteiger partial charge is 0.548 e. The van der Waals surface area contributed by atoms with Gasteiger partial charge in [0, 0.05) is 5.56 Å². The summed E-state index contributed by atoms with van der Waals surface area (Å²) in [7, 11) is 1.53. The van der Waals surface area contributed by atoms with Crippen molar-refractivity contribution in [2.75, 3.05) is 7.11 Å². The number of benzene rings is 1. The zero-order chi connectivity index (χ0) is 13.7. The monoisotopic (exact) mass is 250 g/mol. The third-order valence-corrected chi connectivity index (χ3v) is 2.56. The Hall–Kier alpha value is -2.04. The first-order valence-corrected chi connectivity index (χ1v) is 5.61. The molecule has 0 unspecified atom stereocenters. The van der Waals surface area contributed by atoms with Crippen molar-refractivity contribution < 1.29 is 19.4 Å². The second-order valence-electron chi connectivity index (χ2n) is 4.24. The minimum atomic E-state index is -1.29. The molecule has 0 aromatic heterocycles. The molecule has 0 radical (unpaired) electrons. The van der Waals surface area contributed by atoms with Crippen LogP contribution in [0.15, 0.2) is 24.3 Å². The summed E-state index contributed by atoms with van der Waals surface area (Å²) < 4.78 is 4.97. The molecule has 1 rings (SSSR count). The van der Waals surface area contributed by atoms with Gasteiger partial charge in [0.25, 0.3) is 5.91 Å². The van der Waals surface area contributed by atoms with Crippen molar-refractivity contribution in [1.82, 2.24) is 5.32 Å². The standard InChI is InChI=1S/C13H17NO4/c1-8(2)11(13(16)17)14-12(15)9-4-6-10(18-3)7-5-9/h4-8,11H,1-3H3,(H,14,15)(H,16,17)/p-1/t11-/m0/s1. The number of ether oxygens (including phenoxy) is 1. The predicted octanol–water partition coefficient (Wildman–Crippen LogP) is 0.199. The van der Waals surface area contributed by atoms with Gasteiger partial charge in [-0.2, -0.15) is 0 Å². The highest BCUT2D eigenvalue weighted by atomic mass is 16.5. The molecule has 0 heterocycles. The summed E-state index contributed by atoms with van der Waals surface area (Å²) >= 11 is 0. The van der Waals surface area contributed by atoms with E-state index >= 15 is 0 Å². The Bertz CT molecular complexity index is 425. The van der Waals surface area contributed by atoms with Gasteiger partial charge >= 0.3 is 0 Å². The van der Waals surface area contributed by atoms with Crippen molar-refractivity contribution in [1.29, 1.82) is 0 Å². The number of carboxylic acids is 1. The normalized spacial score (nSPS) is 12.0. The van der Waals surface area contributed by atoms with Crippen LogP contribution in [0.2, 0.25) is 0 Å². The third kappa shape index (κ3) is 3.48. The molecule has 98 valence electrons. The zero-order valence-corrected chi connectivity index (χ0v) is 10.6. The van der Waals surface area contributed by atoms with Gasteiger partial charge in [-0.3, -0.25) is 4.79 Å². The lowest BCUT2D eigenvalue weighted by Gasteiger charge is -2.23. The van der Waals surface area contributed by atoms with E-state index in [4.69, 9.17) is 4.74 Å². The Labute approximate surface area is 106 Å². The van der Waals surface area contributed by atoms with Gasteiger partial charge in [0.05, 0.1) is 19.1 Å². The number of methoxy groups -OCH3 is 1. The highest BCUT2D eigenvalue weighted by Crippen LogP contribution is 2.11. The fourth-order valence-electron chi connectivity index (χ4n) is 1.46. The maximum Gasteiger partial charge on any atom is 0.251 e. The van der Waals surface area contributed by atoms with Crippen LogP contribution in [0.4, 0.5) is 0 Å². The van der Waals surface area contributed by atoms with Crippen LogP contribution in [-0.4, -0.2) is 25.0 Å². The number of rotatable bonds is 5. The minimum absolute atomic E-state index is 0.239. The molecule has 0 aliphatic rings. The third-order valence-electron chi connectivity index (χ3n) is 2.56. The molecule has 1 aromatic carbocycles. The molecule has 0 aliphatic heterocycles. The molecule has 5 heteroatoms. The molecule has 1 amide bonds. The highest BCUT2D eigenvalue weighted by Gasteiger charge is 2.18. The molecule has 0 spiro atoms. The first kappa shape index (κ1) is 14.0. The van der Waals surface area contributed by atoms with Crippen LogP contribution in [0.3, 0.4) is 0 Å². The summed E-state index contributed by atoms with van der Waals surface area (Å²) in [5.74, 6) is -1.34. The van der Waals surface area contributed by atoms with E-state index in [0.29, 0.717) is 11.3 Å². The Morgan fingerprint density at radius 3 is 2.17 bits per heavy atom. The van der Waals surface area contributed by atoms with Gasteiger partial charge in [-0.15, -0.1) is 0 Å². The average Bonchev–Trinajstić information content (AvgIpc) is 2.35. The van der Waals surface area contributed by atoms with Crippen LogP contribution in [-0.2, 0) is 4.79 Å².